The Morgan fingerprint density at radius 2 is 0.606 bits per heavy atom. The quantitative estimate of drug-likeness (QED) is 0.0252. The van der Waals surface area contributed by atoms with Crippen LogP contribution in [0.3, 0.4) is 0 Å². The van der Waals surface area contributed by atoms with Gasteiger partial charge < -0.3 is 89.9 Å². The van der Waals surface area contributed by atoms with Crippen LogP contribution in [0.15, 0.2) is 0 Å². The van der Waals surface area contributed by atoms with Crippen molar-refractivity contribution in [3.05, 3.63) is 0 Å². The van der Waals surface area contributed by atoms with Crippen molar-refractivity contribution in [3.8, 4) is 0 Å². The fourth-order valence-electron chi connectivity index (χ4n) is 13.8. The predicted molar refractivity (Wildman–Crippen MR) is 370 cm³/mol. The lowest BCUT2D eigenvalue weighted by atomic mass is 9.96. The van der Waals surface area contributed by atoms with Crippen LogP contribution in [0.4, 0.5) is 0 Å². The van der Waals surface area contributed by atoms with Crippen LogP contribution in [-0.4, -0.2) is 193 Å². The molecule has 0 bridgehead atoms. The SMILES string of the molecule is CCCCCCCCCCCCCCCCCCCCCCCCCCCCCCCCCCCC(O)C(COC1OC(CO)C(OC2OC(CO)C(OC3OC(CO)C(O)C(O)C3O)C(O)C2O)C(O)C1O)NC(=O)CCCCCCCCCCCCCCCCCC. The minimum atomic E-state index is -1.97. The van der Waals surface area contributed by atoms with Gasteiger partial charge in [-0.1, -0.05) is 322 Å². The van der Waals surface area contributed by atoms with Gasteiger partial charge >= 0.3 is 0 Å². The number of nitrogens with one attached hydrogen (secondary N) is 1. The monoisotopic (exact) mass is 1350 g/mol. The summed E-state index contributed by atoms with van der Waals surface area (Å²) in [6.07, 6.45) is 37.8. The Hall–Kier alpha value is -1.21. The number of aliphatic hydroxyl groups excluding tert-OH is 11. The Balaban J connectivity index is 1.34. The molecule has 0 radical (unpaired) electrons. The van der Waals surface area contributed by atoms with Crippen LogP contribution in [0.1, 0.15) is 341 Å². The van der Waals surface area contributed by atoms with Gasteiger partial charge in [0, 0.05) is 6.42 Å². The third-order valence-corrected chi connectivity index (χ3v) is 20.2. The number of aliphatic hydroxyl groups is 11. The fourth-order valence-corrected chi connectivity index (χ4v) is 13.8. The van der Waals surface area contributed by atoms with Crippen LogP contribution in [0.2, 0.25) is 0 Å². The van der Waals surface area contributed by atoms with E-state index in [9.17, 15) is 61.0 Å². The molecule has 558 valence electrons. The summed E-state index contributed by atoms with van der Waals surface area (Å²) in [5, 5.41) is 121. The third kappa shape index (κ3) is 38.0. The molecule has 3 rings (SSSR count). The molecule has 0 aromatic heterocycles. The molecule has 0 spiro atoms. The molecule has 0 aromatic carbocycles. The van der Waals surface area contributed by atoms with E-state index in [1.807, 2.05) is 0 Å². The van der Waals surface area contributed by atoms with Gasteiger partial charge in [-0.25, -0.2) is 0 Å². The van der Waals surface area contributed by atoms with Gasteiger partial charge in [0.25, 0.3) is 0 Å². The molecule has 0 saturated carbocycles. The summed E-state index contributed by atoms with van der Waals surface area (Å²) < 4.78 is 34.5. The number of carbonyl (C=O) groups is 1. The molecule has 3 saturated heterocycles. The van der Waals surface area contributed by atoms with E-state index in [-0.39, 0.29) is 18.9 Å². The largest absolute Gasteiger partial charge is 0.394 e. The normalized spacial score (nSPS) is 27.3. The van der Waals surface area contributed by atoms with Gasteiger partial charge in [0.05, 0.1) is 38.6 Å². The second-order valence-corrected chi connectivity index (χ2v) is 28.5. The summed E-state index contributed by atoms with van der Waals surface area (Å²) in [6.45, 7) is 1.86. The summed E-state index contributed by atoms with van der Waals surface area (Å²) in [7, 11) is 0. The summed E-state index contributed by atoms with van der Waals surface area (Å²) in [4.78, 5) is 13.4. The van der Waals surface area contributed by atoms with Crippen molar-refractivity contribution in [1.29, 1.82) is 0 Å². The highest BCUT2D eigenvalue weighted by Gasteiger charge is 2.54. The highest BCUT2D eigenvalue weighted by Crippen LogP contribution is 2.33. The maximum atomic E-state index is 13.4. The number of ether oxygens (including phenoxy) is 6. The van der Waals surface area contributed by atoms with Crippen molar-refractivity contribution in [3.63, 3.8) is 0 Å². The number of unbranched alkanes of at least 4 members (excludes halogenated alkanes) is 47. The topological polar surface area (TPSA) is 307 Å². The molecule has 1 amide bonds. The summed E-state index contributed by atoms with van der Waals surface area (Å²) in [6, 6.07) is -0.882. The molecule has 0 aromatic rings. The molecular formula is C75H145NO18. The van der Waals surface area contributed by atoms with Gasteiger partial charge in [0.2, 0.25) is 5.91 Å². The number of hydrogen-bond acceptors (Lipinski definition) is 18. The van der Waals surface area contributed by atoms with Crippen molar-refractivity contribution in [2.24, 2.45) is 0 Å². The van der Waals surface area contributed by atoms with Gasteiger partial charge in [0.1, 0.15) is 73.2 Å². The molecule has 19 heteroatoms. The van der Waals surface area contributed by atoms with Gasteiger partial charge in [-0.05, 0) is 12.8 Å². The fraction of sp³-hybridized carbons (Fsp3) is 0.987. The van der Waals surface area contributed by atoms with Crippen LogP contribution < -0.4 is 5.32 Å². The first-order valence-corrected chi connectivity index (χ1v) is 39.3. The van der Waals surface area contributed by atoms with Gasteiger partial charge in [-0.15, -0.1) is 0 Å². The zero-order valence-corrected chi connectivity index (χ0v) is 59.5. The highest BCUT2D eigenvalue weighted by molar-refractivity contribution is 5.76. The maximum Gasteiger partial charge on any atom is 0.220 e. The summed E-state index contributed by atoms with van der Waals surface area (Å²) >= 11 is 0. The van der Waals surface area contributed by atoms with Crippen molar-refractivity contribution in [2.45, 2.75) is 446 Å². The number of carbonyl (C=O) groups excluding carboxylic acids is 1. The zero-order valence-electron chi connectivity index (χ0n) is 59.5. The molecule has 3 aliphatic heterocycles. The van der Waals surface area contributed by atoms with E-state index in [1.165, 1.54) is 263 Å². The Morgan fingerprint density at radius 3 is 0.926 bits per heavy atom. The molecule has 94 heavy (non-hydrogen) atoms. The first-order valence-electron chi connectivity index (χ1n) is 39.3. The van der Waals surface area contributed by atoms with Crippen molar-refractivity contribution in [2.75, 3.05) is 26.4 Å². The minimum absolute atomic E-state index is 0.235. The predicted octanol–water partition coefficient (Wildman–Crippen LogP) is 12.2. The summed E-state index contributed by atoms with van der Waals surface area (Å²) in [5.74, 6) is -0.235. The summed E-state index contributed by atoms with van der Waals surface area (Å²) in [5.41, 5.74) is 0. The molecule has 0 aliphatic carbocycles. The molecule has 3 aliphatic rings. The van der Waals surface area contributed by atoms with Crippen LogP contribution >= 0.6 is 0 Å². The number of amides is 1. The first kappa shape index (κ1) is 87.0. The second-order valence-electron chi connectivity index (χ2n) is 28.5. The van der Waals surface area contributed by atoms with Crippen LogP contribution in [0.25, 0.3) is 0 Å². The molecule has 17 atom stereocenters. The van der Waals surface area contributed by atoms with Crippen LogP contribution in [-0.2, 0) is 33.2 Å². The van der Waals surface area contributed by atoms with E-state index in [1.54, 1.807) is 0 Å². The standard InChI is InChI=1S/C75H145NO18/c1-3-5-7-9-11-13-15-17-19-21-22-23-24-25-26-27-28-29-30-31-32-33-34-35-36-37-38-40-42-44-46-48-50-52-59(80)58(76-63(81)53-51-49-47-45-43-41-39-20-18-16-14-12-10-8-6-4-2)57-89-73-69(87)66(84)71(61(55-78)91-73)94-75-70(88)67(85)72(62(56-79)92-75)93-74-68(86)65(83)64(82)60(54-77)90-74/h58-62,64-75,77-80,82-88H,3-57H2,1-2H3,(H,76,81). The highest BCUT2D eigenvalue weighted by atomic mass is 16.8. The molecular weight excluding hydrogens is 1200 g/mol. The van der Waals surface area contributed by atoms with Gasteiger partial charge in [-0.2, -0.15) is 0 Å². The average Bonchev–Trinajstić information content (AvgIpc) is 0.787. The molecule has 3 fully saturated rings. The molecule has 19 nitrogen and oxygen atoms in total. The Morgan fingerprint density at radius 1 is 0.340 bits per heavy atom. The van der Waals surface area contributed by atoms with E-state index >= 15 is 0 Å². The van der Waals surface area contributed by atoms with Crippen molar-refractivity contribution < 1.29 is 89.4 Å². The van der Waals surface area contributed by atoms with E-state index in [2.05, 4.69) is 19.2 Å². The van der Waals surface area contributed by atoms with Crippen LogP contribution in [0.5, 0.6) is 0 Å². The van der Waals surface area contributed by atoms with Crippen molar-refractivity contribution >= 4 is 5.91 Å². The van der Waals surface area contributed by atoms with Gasteiger partial charge in [-0.3, -0.25) is 4.79 Å². The third-order valence-electron chi connectivity index (χ3n) is 20.2. The van der Waals surface area contributed by atoms with E-state index < -0.39 is 124 Å². The lowest BCUT2D eigenvalue weighted by molar-refractivity contribution is -0.379. The average molecular weight is 1350 g/mol. The second kappa shape index (κ2) is 57.4. The molecule has 17 unspecified atom stereocenters. The maximum absolute atomic E-state index is 13.4. The van der Waals surface area contributed by atoms with E-state index in [0.29, 0.717) is 12.8 Å². The van der Waals surface area contributed by atoms with Gasteiger partial charge in [0.15, 0.2) is 18.9 Å². The van der Waals surface area contributed by atoms with E-state index in [4.69, 9.17) is 28.4 Å². The zero-order chi connectivity index (χ0) is 68.2. The molecule has 3 heterocycles. The Labute approximate surface area is 570 Å². The Kier molecular flexibility index (Phi) is 53.1. The van der Waals surface area contributed by atoms with Crippen molar-refractivity contribution in [1.82, 2.24) is 5.32 Å². The van der Waals surface area contributed by atoms with Crippen LogP contribution in [0, 0.1) is 0 Å². The van der Waals surface area contributed by atoms with E-state index in [0.717, 1.165) is 44.9 Å². The minimum Gasteiger partial charge on any atom is -0.394 e. The smallest absolute Gasteiger partial charge is 0.220 e. The number of hydrogen-bond donors (Lipinski definition) is 12. The Bertz CT molecular complexity index is 1700. The first-order chi connectivity index (χ1) is 45.8. The molecule has 12 N–H and O–H groups in total. The number of rotatable bonds is 63. The lowest BCUT2D eigenvalue weighted by Gasteiger charge is -2.48. The lowest BCUT2D eigenvalue weighted by Crippen LogP contribution is -2.66.